The Bertz CT molecular complexity index is 372. The van der Waals surface area contributed by atoms with Crippen molar-refractivity contribution in [1.29, 1.82) is 0 Å². The van der Waals surface area contributed by atoms with Gasteiger partial charge in [0.1, 0.15) is 17.5 Å². The standard InChI is InChI=1S/C12H22N4/c1-6-9-14-10(13)8(3)11(15-9)16-12(4,5)7-2/h6-7H2,1-5H3,(H3,13,14,15,16). The number of nitrogen functional groups attached to an aromatic ring is 1. The summed E-state index contributed by atoms with van der Waals surface area (Å²) in [4.78, 5) is 8.72. The van der Waals surface area contributed by atoms with Crippen LogP contribution in [-0.4, -0.2) is 15.5 Å². The van der Waals surface area contributed by atoms with E-state index in [2.05, 4.69) is 36.1 Å². The molecule has 0 aliphatic rings. The summed E-state index contributed by atoms with van der Waals surface area (Å²) in [5, 5.41) is 3.42. The van der Waals surface area contributed by atoms with Crippen molar-refractivity contribution in [3.8, 4) is 0 Å². The molecule has 0 radical (unpaired) electrons. The van der Waals surface area contributed by atoms with Crippen LogP contribution in [0.25, 0.3) is 0 Å². The first-order valence-electron chi connectivity index (χ1n) is 5.80. The Morgan fingerprint density at radius 3 is 2.38 bits per heavy atom. The summed E-state index contributed by atoms with van der Waals surface area (Å²) in [5.41, 5.74) is 6.82. The third kappa shape index (κ3) is 2.84. The first kappa shape index (κ1) is 12.7. The minimum atomic E-state index is 0.0244. The molecule has 0 amide bonds. The van der Waals surface area contributed by atoms with Crippen LogP contribution in [0.4, 0.5) is 11.6 Å². The second-order valence-electron chi connectivity index (χ2n) is 4.71. The fourth-order valence-corrected chi connectivity index (χ4v) is 1.27. The number of hydrogen-bond acceptors (Lipinski definition) is 4. The van der Waals surface area contributed by atoms with E-state index in [-0.39, 0.29) is 5.54 Å². The molecular formula is C12H22N4. The van der Waals surface area contributed by atoms with E-state index in [1.54, 1.807) is 0 Å². The molecule has 90 valence electrons. The predicted molar refractivity (Wildman–Crippen MR) is 68.6 cm³/mol. The van der Waals surface area contributed by atoms with Crippen molar-refractivity contribution >= 4 is 11.6 Å². The number of rotatable bonds is 4. The lowest BCUT2D eigenvalue weighted by atomic mass is 10.0. The van der Waals surface area contributed by atoms with Crippen molar-refractivity contribution in [3.05, 3.63) is 11.4 Å². The van der Waals surface area contributed by atoms with Gasteiger partial charge in [-0.3, -0.25) is 0 Å². The van der Waals surface area contributed by atoms with Gasteiger partial charge in [0.25, 0.3) is 0 Å². The maximum atomic E-state index is 5.87. The molecule has 1 rings (SSSR count). The fourth-order valence-electron chi connectivity index (χ4n) is 1.27. The van der Waals surface area contributed by atoms with Crippen LogP contribution >= 0.6 is 0 Å². The van der Waals surface area contributed by atoms with Crippen LogP contribution in [0.15, 0.2) is 0 Å². The Kier molecular flexibility index (Phi) is 3.73. The van der Waals surface area contributed by atoms with E-state index in [0.717, 1.165) is 30.0 Å². The molecule has 0 atom stereocenters. The Morgan fingerprint density at radius 1 is 1.25 bits per heavy atom. The quantitative estimate of drug-likeness (QED) is 0.821. The summed E-state index contributed by atoms with van der Waals surface area (Å²) in [6, 6.07) is 0. The van der Waals surface area contributed by atoms with Gasteiger partial charge in [0.2, 0.25) is 0 Å². The molecule has 0 aromatic carbocycles. The maximum Gasteiger partial charge on any atom is 0.135 e. The highest BCUT2D eigenvalue weighted by Crippen LogP contribution is 2.22. The summed E-state index contributed by atoms with van der Waals surface area (Å²) in [6.07, 6.45) is 1.82. The molecule has 0 aliphatic carbocycles. The molecule has 4 nitrogen and oxygen atoms in total. The number of aryl methyl sites for hydroxylation is 1. The second-order valence-corrected chi connectivity index (χ2v) is 4.71. The van der Waals surface area contributed by atoms with E-state index < -0.39 is 0 Å². The van der Waals surface area contributed by atoms with Gasteiger partial charge in [-0.25, -0.2) is 9.97 Å². The summed E-state index contributed by atoms with van der Waals surface area (Å²) in [7, 11) is 0. The number of nitrogens with two attached hydrogens (primary N) is 1. The van der Waals surface area contributed by atoms with Crippen LogP contribution in [0, 0.1) is 6.92 Å². The first-order valence-corrected chi connectivity index (χ1v) is 5.80. The van der Waals surface area contributed by atoms with Gasteiger partial charge in [-0.15, -0.1) is 0 Å². The largest absolute Gasteiger partial charge is 0.383 e. The van der Waals surface area contributed by atoms with Crippen LogP contribution in [0.1, 0.15) is 45.5 Å². The van der Waals surface area contributed by atoms with E-state index in [1.807, 2.05) is 13.8 Å². The molecule has 0 saturated heterocycles. The van der Waals surface area contributed by atoms with E-state index in [4.69, 9.17) is 5.73 Å². The molecule has 0 fully saturated rings. The molecule has 1 aromatic rings. The lowest BCUT2D eigenvalue weighted by Crippen LogP contribution is -2.31. The minimum absolute atomic E-state index is 0.0244. The van der Waals surface area contributed by atoms with Gasteiger partial charge >= 0.3 is 0 Å². The number of aromatic nitrogens is 2. The van der Waals surface area contributed by atoms with Crippen LogP contribution < -0.4 is 11.1 Å². The summed E-state index contributed by atoms with van der Waals surface area (Å²) < 4.78 is 0. The van der Waals surface area contributed by atoms with E-state index in [0.29, 0.717) is 5.82 Å². The summed E-state index contributed by atoms with van der Waals surface area (Å²) >= 11 is 0. The summed E-state index contributed by atoms with van der Waals surface area (Å²) in [5.74, 6) is 2.22. The van der Waals surface area contributed by atoms with Crippen molar-refractivity contribution in [2.24, 2.45) is 0 Å². The topological polar surface area (TPSA) is 63.8 Å². The smallest absolute Gasteiger partial charge is 0.135 e. The number of hydrogen-bond donors (Lipinski definition) is 2. The van der Waals surface area contributed by atoms with Crippen LogP contribution in [0.5, 0.6) is 0 Å². The first-order chi connectivity index (χ1) is 7.39. The van der Waals surface area contributed by atoms with Gasteiger partial charge in [0, 0.05) is 17.5 Å². The van der Waals surface area contributed by atoms with Gasteiger partial charge in [0.05, 0.1) is 0 Å². The average Bonchev–Trinajstić information content (AvgIpc) is 2.24. The Morgan fingerprint density at radius 2 is 1.88 bits per heavy atom. The molecule has 0 bridgehead atoms. The second kappa shape index (κ2) is 4.68. The molecule has 0 aliphatic heterocycles. The van der Waals surface area contributed by atoms with Gasteiger partial charge < -0.3 is 11.1 Å². The zero-order valence-electron chi connectivity index (χ0n) is 10.9. The van der Waals surface area contributed by atoms with E-state index in [9.17, 15) is 0 Å². The molecule has 4 heteroatoms. The molecule has 0 saturated carbocycles. The third-order valence-electron chi connectivity index (χ3n) is 2.89. The van der Waals surface area contributed by atoms with E-state index >= 15 is 0 Å². The molecule has 3 N–H and O–H groups in total. The molecule has 1 aromatic heterocycles. The number of nitrogens with one attached hydrogen (secondary N) is 1. The Labute approximate surface area is 97.7 Å². The zero-order valence-corrected chi connectivity index (χ0v) is 10.9. The Hall–Kier alpha value is -1.32. The Balaban J connectivity index is 3.08. The monoisotopic (exact) mass is 222 g/mol. The average molecular weight is 222 g/mol. The highest BCUT2D eigenvalue weighted by molar-refractivity contribution is 5.55. The highest BCUT2D eigenvalue weighted by Gasteiger charge is 2.17. The van der Waals surface area contributed by atoms with Crippen LogP contribution in [0.2, 0.25) is 0 Å². The van der Waals surface area contributed by atoms with Crippen molar-refractivity contribution < 1.29 is 0 Å². The van der Waals surface area contributed by atoms with Crippen molar-refractivity contribution in [2.45, 2.75) is 53.0 Å². The van der Waals surface area contributed by atoms with Crippen molar-refractivity contribution in [3.63, 3.8) is 0 Å². The fraction of sp³-hybridized carbons (Fsp3) is 0.667. The summed E-state index contributed by atoms with van der Waals surface area (Å²) in [6.45, 7) is 10.4. The van der Waals surface area contributed by atoms with Gasteiger partial charge in [0.15, 0.2) is 0 Å². The molecule has 0 unspecified atom stereocenters. The molecule has 0 spiro atoms. The van der Waals surface area contributed by atoms with Gasteiger partial charge in [-0.1, -0.05) is 13.8 Å². The van der Waals surface area contributed by atoms with Crippen LogP contribution in [0.3, 0.4) is 0 Å². The van der Waals surface area contributed by atoms with Crippen molar-refractivity contribution in [2.75, 3.05) is 11.1 Å². The number of anilines is 2. The van der Waals surface area contributed by atoms with E-state index in [1.165, 1.54) is 0 Å². The normalized spacial score (nSPS) is 11.6. The highest BCUT2D eigenvalue weighted by atomic mass is 15.1. The molecule has 1 heterocycles. The SMILES string of the molecule is CCc1nc(N)c(C)c(NC(C)(C)CC)n1. The number of nitrogens with zero attached hydrogens (tertiary/aromatic N) is 2. The predicted octanol–water partition coefficient (Wildman–Crippen LogP) is 2.53. The zero-order chi connectivity index (χ0) is 12.3. The molecular weight excluding hydrogens is 200 g/mol. The van der Waals surface area contributed by atoms with Crippen molar-refractivity contribution in [1.82, 2.24) is 9.97 Å². The minimum Gasteiger partial charge on any atom is -0.383 e. The lowest BCUT2D eigenvalue weighted by molar-refractivity contribution is 0.543. The maximum absolute atomic E-state index is 5.87. The lowest BCUT2D eigenvalue weighted by Gasteiger charge is -2.26. The van der Waals surface area contributed by atoms with Crippen LogP contribution in [-0.2, 0) is 6.42 Å². The third-order valence-corrected chi connectivity index (χ3v) is 2.89. The van der Waals surface area contributed by atoms with Gasteiger partial charge in [-0.2, -0.15) is 0 Å². The van der Waals surface area contributed by atoms with Gasteiger partial charge in [-0.05, 0) is 27.2 Å². The molecule has 16 heavy (non-hydrogen) atoms.